The summed E-state index contributed by atoms with van der Waals surface area (Å²) in [4.78, 5) is 44.0. The Morgan fingerprint density at radius 1 is 1.23 bits per heavy atom. The number of anilines is 2. The molecule has 0 saturated carbocycles. The Kier molecular flexibility index (Phi) is 10.6. The summed E-state index contributed by atoms with van der Waals surface area (Å²) in [6.07, 6.45) is 3.20. The Morgan fingerprint density at radius 2 is 2.02 bits per heavy atom. The first-order valence-electron chi connectivity index (χ1n) is 13.1. The van der Waals surface area contributed by atoms with Crippen molar-refractivity contribution in [2.75, 3.05) is 38.2 Å². The second-order valence-electron chi connectivity index (χ2n) is 9.58. The zero-order valence-corrected chi connectivity index (χ0v) is 24.5. The summed E-state index contributed by atoms with van der Waals surface area (Å²) in [7, 11) is 3.11. The van der Waals surface area contributed by atoms with Gasteiger partial charge in [0.15, 0.2) is 6.29 Å². The van der Waals surface area contributed by atoms with E-state index in [2.05, 4.69) is 20.3 Å². The van der Waals surface area contributed by atoms with Crippen LogP contribution in [0.5, 0.6) is 11.8 Å². The molecular formula is C29H30ClFN8O5. The van der Waals surface area contributed by atoms with Crippen LogP contribution in [0.25, 0.3) is 11.3 Å². The molecule has 6 N–H and O–H groups in total. The maximum atomic E-state index is 15.4. The highest BCUT2D eigenvalue weighted by Gasteiger charge is 2.20. The van der Waals surface area contributed by atoms with Crippen molar-refractivity contribution in [2.24, 2.45) is 5.84 Å². The van der Waals surface area contributed by atoms with Gasteiger partial charge in [-0.2, -0.15) is 4.98 Å². The topological polar surface area (TPSA) is 182 Å². The molecule has 0 fully saturated rings. The number of halogens is 2. The van der Waals surface area contributed by atoms with E-state index >= 15 is 4.39 Å². The number of hydrogen-bond donors (Lipinski definition) is 4. The largest absolute Gasteiger partial charge is 0.497 e. The number of aromatic nitrogens is 3. The van der Waals surface area contributed by atoms with Crippen LogP contribution in [0.1, 0.15) is 27.5 Å². The average molecular weight is 625 g/mol. The van der Waals surface area contributed by atoms with Crippen LogP contribution in [0, 0.1) is 5.82 Å². The number of amides is 1. The smallest absolute Gasteiger partial charge is 0.345 e. The van der Waals surface area contributed by atoms with Crippen LogP contribution in [0.2, 0.25) is 5.02 Å². The molecule has 15 heteroatoms. The van der Waals surface area contributed by atoms with Crippen molar-refractivity contribution >= 4 is 35.3 Å². The van der Waals surface area contributed by atoms with Crippen LogP contribution in [-0.4, -0.2) is 64.5 Å². The standard InChI is InChI=1S/C29H30ClFN8O5/c1-38(14-26(42)36-25(16-41)17-5-3-6-20(10-17)43-2)13-21-19(15-40)9-18(11-23(21)31)27-22(30)12-35-29(37-27)44-39(33)28-24(32)7-4-8-34-28/h3-12,15,25,41H,13-14,16,32-33H2,1-2H3,(H,36,42). The molecule has 0 radical (unpaired) electrons. The van der Waals surface area contributed by atoms with E-state index in [9.17, 15) is 14.7 Å². The van der Waals surface area contributed by atoms with Gasteiger partial charge >= 0.3 is 6.01 Å². The lowest BCUT2D eigenvalue weighted by molar-refractivity contribution is -0.123. The van der Waals surface area contributed by atoms with Gasteiger partial charge in [0.25, 0.3) is 0 Å². The zero-order chi connectivity index (χ0) is 31.8. The monoisotopic (exact) mass is 624 g/mol. The van der Waals surface area contributed by atoms with Crippen LogP contribution in [0.4, 0.5) is 15.9 Å². The van der Waals surface area contributed by atoms with Gasteiger partial charge in [0.1, 0.15) is 11.6 Å². The lowest BCUT2D eigenvalue weighted by Gasteiger charge is -2.22. The lowest BCUT2D eigenvalue weighted by Crippen LogP contribution is -2.38. The molecule has 1 amide bonds. The van der Waals surface area contributed by atoms with E-state index < -0.39 is 17.8 Å². The summed E-state index contributed by atoms with van der Waals surface area (Å²) in [6, 6.07) is 11.8. The Hall–Kier alpha value is -4.89. The predicted octanol–water partition coefficient (Wildman–Crippen LogP) is 2.69. The van der Waals surface area contributed by atoms with Crippen molar-refractivity contribution in [1.29, 1.82) is 0 Å². The third-order valence-corrected chi connectivity index (χ3v) is 6.69. The van der Waals surface area contributed by atoms with Crippen molar-refractivity contribution in [3.8, 4) is 23.0 Å². The van der Waals surface area contributed by atoms with Crippen LogP contribution < -0.4 is 31.6 Å². The zero-order valence-electron chi connectivity index (χ0n) is 23.8. The van der Waals surface area contributed by atoms with Crippen molar-refractivity contribution in [2.45, 2.75) is 12.6 Å². The number of nitrogens with one attached hydrogen (secondary N) is 1. The number of pyridine rings is 1. The van der Waals surface area contributed by atoms with Gasteiger partial charge in [-0.25, -0.2) is 20.2 Å². The summed E-state index contributed by atoms with van der Waals surface area (Å²) in [5.41, 5.74) is 7.10. The molecule has 13 nitrogen and oxygen atoms in total. The number of likely N-dealkylation sites (N-methyl/N-ethyl adjacent to an activating group) is 1. The predicted molar refractivity (Wildman–Crippen MR) is 161 cm³/mol. The summed E-state index contributed by atoms with van der Waals surface area (Å²) in [5.74, 6) is 5.45. The minimum Gasteiger partial charge on any atom is -0.497 e. The van der Waals surface area contributed by atoms with Gasteiger partial charge < -0.3 is 25.7 Å². The number of nitrogen functional groups attached to an aromatic ring is 1. The quantitative estimate of drug-likeness (QED) is 0.0971. The summed E-state index contributed by atoms with van der Waals surface area (Å²) < 4.78 is 20.7. The number of methoxy groups -OCH3 is 1. The van der Waals surface area contributed by atoms with Gasteiger partial charge in [-0.1, -0.05) is 23.7 Å². The molecule has 0 aliphatic rings. The maximum Gasteiger partial charge on any atom is 0.345 e. The van der Waals surface area contributed by atoms with Crippen molar-refractivity contribution in [3.05, 3.63) is 88.5 Å². The molecular weight excluding hydrogens is 595 g/mol. The first-order chi connectivity index (χ1) is 21.1. The number of carbonyl (C=O) groups is 2. The van der Waals surface area contributed by atoms with E-state index in [0.29, 0.717) is 17.6 Å². The molecule has 2 aromatic carbocycles. The summed E-state index contributed by atoms with van der Waals surface area (Å²) >= 11 is 6.31. The van der Waals surface area contributed by atoms with Gasteiger partial charge in [-0.05, 0) is 49.0 Å². The van der Waals surface area contributed by atoms with Crippen LogP contribution >= 0.6 is 11.6 Å². The molecule has 44 heavy (non-hydrogen) atoms. The van der Waals surface area contributed by atoms with Gasteiger partial charge in [0.05, 0.1) is 48.9 Å². The average Bonchev–Trinajstić information content (AvgIpc) is 3.01. The number of carbonyl (C=O) groups excluding carboxylic acids is 2. The second-order valence-corrected chi connectivity index (χ2v) is 9.98. The van der Waals surface area contributed by atoms with Gasteiger partial charge in [0, 0.05) is 29.4 Å². The lowest BCUT2D eigenvalue weighted by atomic mass is 10.0. The summed E-state index contributed by atoms with van der Waals surface area (Å²) in [5, 5.41) is 13.4. The number of hydrazine groups is 1. The molecule has 1 atom stereocenters. The number of hydrogen-bond acceptors (Lipinski definition) is 12. The van der Waals surface area contributed by atoms with Gasteiger partial charge in [-0.15, -0.1) is 5.17 Å². The molecule has 0 aliphatic heterocycles. The Balaban J connectivity index is 1.48. The Labute approximate surface area is 257 Å². The van der Waals surface area contributed by atoms with E-state index in [1.165, 1.54) is 30.5 Å². The first kappa shape index (κ1) is 32.0. The molecule has 0 saturated heterocycles. The fourth-order valence-electron chi connectivity index (χ4n) is 4.29. The normalized spacial score (nSPS) is 11.6. The number of nitrogens with zero attached hydrogens (tertiary/aromatic N) is 5. The van der Waals surface area contributed by atoms with Crippen molar-refractivity contribution in [1.82, 2.24) is 25.2 Å². The number of ether oxygens (including phenoxy) is 1. The molecule has 4 rings (SSSR count). The number of aliphatic hydroxyl groups is 1. The van der Waals surface area contributed by atoms with Crippen LogP contribution in [0.15, 0.2) is 60.9 Å². The van der Waals surface area contributed by atoms with Crippen molar-refractivity contribution < 1.29 is 28.7 Å². The highest BCUT2D eigenvalue weighted by Crippen LogP contribution is 2.30. The number of benzene rings is 2. The molecule has 2 heterocycles. The molecule has 4 aromatic rings. The number of rotatable bonds is 13. The number of aldehydes is 1. The Bertz CT molecular complexity index is 1650. The Morgan fingerprint density at radius 3 is 2.73 bits per heavy atom. The fraction of sp³-hybridized carbons (Fsp3) is 0.207. The molecule has 1 unspecified atom stereocenters. The fourth-order valence-corrected chi connectivity index (χ4v) is 4.49. The van der Waals surface area contributed by atoms with Crippen LogP contribution in [0.3, 0.4) is 0 Å². The minimum absolute atomic E-state index is 0.0238. The third kappa shape index (κ3) is 7.73. The van der Waals surface area contributed by atoms with E-state index in [4.69, 9.17) is 32.8 Å². The maximum absolute atomic E-state index is 15.4. The van der Waals surface area contributed by atoms with Crippen LogP contribution in [-0.2, 0) is 11.3 Å². The van der Waals surface area contributed by atoms with E-state index in [1.807, 2.05) is 0 Å². The molecule has 0 bridgehead atoms. The minimum atomic E-state index is -0.722. The van der Waals surface area contributed by atoms with E-state index in [1.54, 1.807) is 43.4 Å². The van der Waals surface area contributed by atoms with Gasteiger partial charge in [-0.3, -0.25) is 14.5 Å². The van der Waals surface area contributed by atoms with E-state index in [-0.39, 0.29) is 64.6 Å². The molecule has 0 aliphatic carbocycles. The number of aliphatic hydroxyl groups excluding tert-OH is 1. The number of nitrogens with two attached hydrogens (primary N) is 2. The summed E-state index contributed by atoms with van der Waals surface area (Å²) in [6.45, 7) is -0.558. The highest BCUT2D eigenvalue weighted by molar-refractivity contribution is 6.32. The second kappa shape index (κ2) is 14.5. The third-order valence-electron chi connectivity index (χ3n) is 6.41. The molecule has 2 aromatic heterocycles. The first-order valence-corrected chi connectivity index (χ1v) is 13.5. The molecule has 0 spiro atoms. The highest BCUT2D eigenvalue weighted by atomic mass is 35.5. The molecule has 230 valence electrons. The van der Waals surface area contributed by atoms with Crippen molar-refractivity contribution in [3.63, 3.8) is 0 Å². The van der Waals surface area contributed by atoms with Gasteiger partial charge in [0.2, 0.25) is 11.7 Å². The SMILES string of the molecule is COc1cccc(C(CO)NC(=O)CN(C)Cc2c(F)cc(-c3nc(ON(N)c4ncccc4N)ncc3Cl)cc2C=O)c1. The van der Waals surface area contributed by atoms with E-state index in [0.717, 1.165) is 11.2 Å².